The topological polar surface area (TPSA) is 17.1 Å². The van der Waals surface area contributed by atoms with Gasteiger partial charge < -0.3 is 0 Å². The molecule has 0 aliphatic heterocycles. The zero-order valence-electron chi connectivity index (χ0n) is 19.5. The summed E-state index contributed by atoms with van der Waals surface area (Å²) in [5, 5.41) is 0. The predicted molar refractivity (Wildman–Crippen MR) is 118 cm³/mol. The highest BCUT2D eigenvalue weighted by molar-refractivity contribution is 5.95. The van der Waals surface area contributed by atoms with E-state index in [1.54, 1.807) is 6.08 Å². The van der Waals surface area contributed by atoms with Crippen LogP contribution >= 0.6 is 0 Å². The Morgan fingerprint density at radius 1 is 1.07 bits per heavy atom. The molecule has 0 N–H and O–H groups in total. The lowest BCUT2D eigenvalue weighted by atomic mass is 9.46. The Kier molecular flexibility index (Phi) is 5.79. The van der Waals surface area contributed by atoms with E-state index in [0.717, 1.165) is 36.0 Å². The van der Waals surface area contributed by atoms with Crippen LogP contribution in [0.1, 0.15) is 98.8 Å². The van der Waals surface area contributed by atoms with Gasteiger partial charge in [-0.3, -0.25) is 4.79 Å². The van der Waals surface area contributed by atoms with Crippen molar-refractivity contribution in [2.75, 3.05) is 0 Å². The normalized spacial score (nSPS) is 45.4. The SMILES string of the molecule is CC(C)CCC[C@@H](C)[C@H]1CC[C@H]2[C@@H]3CCC4=CC(=O)[C@H](F)C[C@]4(C)[C@H]3CC[C@]12C. The van der Waals surface area contributed by atoms with Crippen molar-refractivity contribution in [3.63, 3.8) is 0 Å². The third-order valence-electron chi connectivity index (χ3n) is 10.2. The van der Waals surface area contributed by atoms with Crippen molar-refractivity contribution in [1.82, 2.24) is 0 Å². The molecular weight excluding hydrogens is 359 g/mol. The molecule has 29 heavy (non-hydrogen) atoms. The maximum Gasteiger partial charge on any atom is 0.189 e. The molecule has 0 aromatic rings. The largest absolute Gasteiger partial charge is 0.292 e. The first-order chi connectivity index (χ1) is 13.7. The number of carbonyl (C=O) groups is 1. The van der Waals surface area contributed by atoms with Gasteiger partial charge in [-0.05, 0) is 97.4 Å². The van der Waals surface area contributed by atoms with E-state index in [1.807, 2.05) is 0 Å². The molecule has 0 amide bonds. The Balaban J connectivity index is 1.51. The van der Waals surface area contributed by atoms with E-state index in [1.165, 1.54) is 56.9 Å². The molecule has 4 rings (SSSR count). The fourth-order valence-electron chi connectivity index (χ4n) is 8.61. The highest BCUT2D eigenvalue weighted by Crippen LogP contribution is 2.67. The van der Waals surface area contributed by atoms with Crippen molar-refractivity contribution in [2.45, 2.75) is 105 Å². The molecule has 0 aromatic carbocycles. The zero-order valence-corrected chi connectivity index (χ0v) is 19.5. The lowest BCUT2D eigenvalue weighted by Gasteiger charge is -2.58. The van der Waals surface area contributed by atoms with Crippen molar-refractivity contribution in [3.8, 4) is 0 Å². The molecule has 3 fully saturated rings. The average Bonchev–Trinajstić information content (AvgIpc) is 3.00. The number of fused-ring (bicyclic) bond motifs is 5. The van der Waals surface area contributed by atoms with E-state index in [-0.39, 0.29) is 11.2 Å². The highest BCUT2D eigenvalue weighted by atomic mass is 19.1. The van der Waals surface area contributed by atoms with Gasteiger partial charge in [-0.25, -0.2) is 4.39 Å². The summed E-state index contributed by atoms with van der Waals surface area (Å²) in [7, 11) is 0. The first kappa shape index (κ1) is 21.6. The summed E-state index contributed by atoms with van der Waals surface area (Å²) in [5.41, 5.74) is 1.69. The van der Waals surface area contributed by atoms with E-state index in [4.69, 9.17) is 0 Å². The van der Waals surface area contributed by atoms with Crippen LogP contribution in [0.3, 0.4) is 0 Å². The second-order valence-corrected chi connectivity index (χ2v) is 12.1. The molecule has 0 saturated heterocycles. The van der Waals surface area contributed by atoms with Crippen molar-refractivity contribution in [2.24, 2.45) is 46.3 Å². The van der Waals surface area contributed by atoms with Crippen molar-refractivity contribution in [1.29, 1.82) is 0 Å². The maximum atomic E-state index is 14.4. The van der Waals surface area contributed by atoms with Gasteiger partial charge in [-0.15, -0.1) is 0 Å². The lowest BCUT2D eigenvalue weighted by molar-refractivity contribution is -0.124. The van der Waals surface area contributed by atoms with Crippen LogP contribution in [0, 0.1) is 46.3 Å². The number of allylic oxidation sites excluding steroid dienone is 1. The third kappa shape index (κ3) is 3.55. The van der Waals surface area contributed by atoms with Gasteiger partial charge in [0.15, 0.2) is 12.0 Å². The van der Waals surface area contributed by atoms with Gasteiger partial charge in [0.25, 0.3) is 0 Å². The van der Waals surface area contributed by atoms with E-state index >= 15 is 0 Å². The van der Waals surface area contributed by atoms with Gasteiger partial charge in [-0.2, -0.15) is 0 Å². The van der Waals surface area contributed by atoms with Gasteiger partial charge in [0.2, 0.25) is 0 Å². The highest BCUT2D eigenvalue weighted by Gasteiger charge is 2.60. The Morgan fingerprint density at radius 2 is 1.83 bits per heavy atom. The first-order valence-corrected chi connectivity index (χ1v) is 12.6. The van der Waals surface area contributed by atoms with Gasteiger partial charge in [0.1, 0.15) is 0 Å². The van der Waals surface area contributed by atoms with Crippen LogP contribution in [0.15, 0.2) is 11.6 Å². The van der Waals surface area contributed by atoms with Gasteiger partial charge in [0, 0.05) is 0 Å². The fraction of sp³-hybridized carbons (Fsp3) is 0.889. The molecule has 4 aliphatic rings. The Bertz CT molecular complexity index is 665. The number of alkyl halides is 1. The van der Waals surface area contributed by atoms with Crippen LogP contribution < -0.4 is 0 Å². The van der Waals surface area contributed by atoms with Crippen LogP contribution in [0.2, 0.25) is 0 Å². The number of halogens is 1. The number of rotatable bonds is 5. The zero-order chi connectivity index (χ0) is 21.0. The summed E-state index contributed by atoms with van der Waals surface area (Å²) in [6.07, 6.45) is 12.6. The molecule has 0 unspecified atom stereocenters. The second kappa shape index (κ2) is 7.79. The minimum Gasteiger partial charge on any atom is -0.292 e. The van der Waals surface area contributed by atoms with Crippen molar-refractivity contribution >= 4 is 5.78 Å². The number of hydrogen-bond donors (Lipinski definition) is 0. The molecule has 2 heteroatoms. The van der Waals surface area contributed by atoms with Crippen LogP contribution in [0.25, 0.3) is 0 Å². The maximum absolute atomic E-state index is 14.4. The number of hydrogen-bond acceptors (Lipinski definition) is 1. The number of carbonyl (C=O) groups excluding carboxylic acids is 1. The van der Waals surface area contributed by atoms with Gasteiger partial charge in [-0.1, -0.05) is 59.5 Å². The van der Waals surface area contributed by atoms with Crippen molar-refractivity contribution in [3.05, 3.63) is 11.6 Å². The third-order valence-corrected chi connectivity index (χ3v) is 10.2. The second-order valence-electron chi connectivity index (χ2n) is 12.1. The van der Waals surface area contributed by atoms with E-state index in [2.05, 4.69) is 34.6 Å². The molecule has 0 heterocycles. The minimum atomic E-state index is -1.27. The van der Waals surface area contributed by atoms with Gasteiger partial charge in [0.05, 0.1) is 0 Å². The molecule has 0 aromatic heterocycles. The minimum absolute atomic E-state index is 0.0709. The first-order valence-electron chi connectivity index (χ1n) is 12.6. The molecule has 0 radical (unpaired) electrons. The average molecular weight is 403 g/mol. The van der Waals surface area contributed by atoms with Crippen LogP contribution in [-0.2, 0) is 4.79 Å². The quantitative estimate of drug-likeness (QED) is 0.464. The summed E-state index contributed by atoms with van der Waals surface area (Å²) in [5.74, 6) is 4.38. The van der Waals surface area contributed by atoms with E-state index in [0.29, 0.717) is 17.8 Å². The van der Waals surface area contributed by atoms with E-state index < -0.39 is 6.17 Å². The fourth-order valence-corrected chi connectivity index (χ4v) is 8.61. The molecule has 0 spiro atoms. The van der Waals surface area contributed by atoms with E-state index in [9.17, 15) is 9.18 Å². The molecule has 164 valence electrons. The molecular formula is C27H43FO. The Hall–Kier alpha value is -0.660. The monoisotopic (exact) mass is 402 g/mol. The summed E-state index contributed by atoms with van der Waals surface area (Å²) in [4.78, 5) is 12.0. The standard InChI is InChI=1S/C27H43FO/c1-17(2)7-6-8-18(3)21-11-12-22-20-10-9-19-15-25(29)24(28)16-27(19,5)23(20)13-14-26(21,22)4/h15,17-18,20-24H,6-14,16H2,1-5H3/t18-,20+,21-,22+,23+,24-,26-,27+/m1/s1. The van der Waals surface area contributed by atoms with Crippen LogP contribution in [0.4, 0.5) is 4.39 Å². The molecule has 4 aliphatic carbocycles. The van der Waals surface area contributed by atoms with Gasteiger partial charge >= 0.3 is 0 Å². The number of ketones is 1. The van der Waals surface area contributed by atoms with Crippen LogP contribution in [-0.4, -0.2) is 12.0 Å². The molecule has 1 nitrogen and oxygen atoms in total. The summed E-state index contributed by atoms with van der Waals surface area (Å²) in [6, 6.07) is 0. The Labute approximate surface area is 178 Å². The molecule has 8 atom stereocenters. The molecule has 0 bridgehead atoms. The van der Waals surface area contributed by atoms with Crippen LogP contribution in [0.5, 0.6) is 0 Å². The lowest BCUT2D eigenvalue weighted by Crippen LogP contribution is -2.52. The smallest absolute Gasteiger partial charge is 0.189 e. The van der Waals surface area contributed by atoms with Crippen molar-refractivity contribution < 1.29 is 9.18 Å². The summed E-state index contributed by atoms with van der Waals surface area (Å²) in [6.45, 7) is 12.1. The predicted octanol–water partition coefficient (Wildman–Crippen LogP) is 7.54. The summed E-state index contributed by atoms with van der Waals surface area (Å²) < 4.78 is 14.4. The summed E-state index contributed by atoms with van der Waals surface area (Å²) >= 11 is 0. The Morgan fingerprint density at radius 3 is 2.55 bits per heavy atom. The molecule has 3 saturated carbocycles.